The van der Waals surface area contributed by atoms with Gasteiger partial charge in [0.05, 0.1) is 9.95 Å². The van der Waals surface area contributed by atoms with Crippen molar-refractivity contribution in [3.63, 3.8) is 0 Å². The van der Waals surface area contributed by atoms with Crippen molar-refractivity contribution in [2.75, 3.05) is 5.32 Å². The number of benzene rings is 2. The maximum Gasteiger partial charge on any atom is 0.283 e. The first-order valence-corrected chi connectivity index (χ1v) is 7.00. The molecule has 8 heteroatoms. The number of nitrogens with zero attached hydrogens (tertiary/aromatic N) is 1. The van der Waals surface area contributed by atoms with Gasteiger partial charge in [-0.05, 0) is 23.8 Å². The fourth-order valence-corrected chi connectivity index (χ4v) is 2.63. The molecule has 0 spiro atoms. The molecule has 0 fully saturated rings. The summed E-state index contributed by atoms with van der Waals surface area (Å²) in [6.45, 7) is 0.443. The first-order chi connectivity index (χ1) is 11.0. The molecule has 0 saturated carbocycles. The highest BCUT2D eigenvalue weighted by Crippen LogP contribution is 2.28. The van der Waals surface area contributed by atoms with Crippen LogP contribution in [-0.4, -0.2) is 16.7 Å². The number of nitro benzene ring substituents is 1. The number of anilines is 1. The average molecular weight is 332 g/mol. The molecule has 2 aromatic rings. The third-order valence-corrected chi connectivity index (χ3v) is 3.78. The monoisotopic (exact) mass is 331 g/mol. The second kappa shape index (κ2) is 5.69. The van der Waals surface area contributed by atoms with Crippen molar-refractivity contribution < 1.29 is 14.5 Å². The summed E-state index contributed by atoms with van der Waals surface area (Å²) in [6, 6.07) is 8.87. The standard InChI is InChI=1S/C15H10ClN3O4/c16-11-2-1-3-12(19(22)23)13(11)15(21)18-9-5-4-8-7-17-14(20)10(8)6-9/h1-6H,7H2,(H,17,20)(H,18,21). The number of hydrogen-bond donors (Lipinski definition) is 2. The van der Waals surface area contributed by atoms with Gasteiger partial charge in [-0.25, -0.2) is 0 Å². The Hall–Kier alpha value is -2.93. The molecule has 23 heavy (non-hydrogen) atoms. The van der Waals surface area contributed by atoms with E-state index < -0.39 is 10.8 Å². The molecule has 2 N–H and O–H groups in total. The van der Waals surface area contributed by atoms with Crippen LogP contribution in [0.15, 0.2) is 36.4 Å². The topological polar surface area (TPSA) is 101 Å². The third kappa shape index (κ3) is 2.74. The highest BCUT2D eigenvalue weighted by atomic mass is 35.5. The van der Waals surface area contributed by atoms with Gasteiger partial charge >= 0.3 is 0 Å². The first kappa shape index (κ1) is 15.0. The minimum atomic E-state index is -0.708. The van der Waals surface area contributed by atoms with Crippen LogP contribution in [0.3, 0.4) is 0 Å². The molecule has 1 aliphatic rings. The fraction of sp³-hybridized carbons (Fsp3) is 0.0667. The van der Waals surface area contributed by atoms with Gasteiger partial charge in [0.2, 0.25) is 0 Å². The molecule has 0 saturated heterocycles. The number of hydrogen-bond acceptors (Lipinski definition) is 4. The summed E-state index contributed by atoms with van der Waals surface area (Å²) in [4.78, 5) is 34.3. The van der Waals surface area contributed by atoms with Crippen LogP contribution in [0.1, 0.15) is 26.3 Å². The fourth-order valence-electron chi connectivity index (χ4n) is 2.37. The van der Waals surface area contributed by atoms with E-state index in [-0.39, 0.29) is 22.2 Å². The van der Waals surface area contributed by atoms with Crippen molar-refractivity contribution in [1.29, 1.82) is 0 Å². The normalized spacial score (nSPS) is 12.5. The summed E-state index contributed by atoms with van der Waals surface area (Å²) >= 11 is 5.92. The molecule has 2 aromatic carbocycles. The lowest BCUT2D eigenvalue weighted by Crippen LogP contribution is -2.15. The quantitative estimate of drug-likeness (QED) is 0.667. The summed E-state index contributed by atoms with van der Waals surface area (Å²) in [5, 5.41) is 16.2. The Morgan fingerprint density at radius 2 is 2.09 bits per heavy atom. The van der Waals surface area contributed by atoms with Crippen molar-refractivity contribution in [1.82, 2.24) is 5.32 Å². The van der Waals surface area contributed by atoms with Gasteiger partial charge in [-0.3, -0.25) is 19.7 Å². The van der Waals surface area contributed by atoms with Crippen LogP contribution in [0.25, 0.3) is 0 Å². The molecule has 0 aromatic heterocycles. The molecular formula is C15H10ClN3O4. The summed E-state index contributed by atoms with van der Waals surface area (Å²) < 4.78 is 0. The van der Waals surface area contributed by atoms with E-state index in [2.05, 4.69) is 10.6 Å². The molecule has 3 rings (SSSR count). The smallest absolute Gasteiger partial charge is 0.283 e. The van der Waals surface area contributed by atoms with Gasteiger partial charge in [-0.15, -0.1) is 0 Å². The summed E-state index contributed by atoms with van der Waals surface area (Å²) in [7, 11) is 0. The Morgan fingerprint density at radius 1 is 1.30 bits per heavy atom. The molecule has 1 aliphatic heterocycles. The molecular weight excluding hydrogens is 322 g/mol. The Balaban J connectivity index is 1.93. The molecule has 1 heterocycles. The predicted octanol–water partition coefficient (Wildman–Crippen LogP) is 2.74. The van der Waals surface area contributed by atoms with E-state index in [1.54, 1.807) is 12.1 Å². The summed E-state index contributed by atoms with van der Waals surface area (Å²) in [5.74, 6) is -0.930. The van der Waals surface area contributed by atoms with E-state index in [0.717, 1.165) is 5.56 Å². The molecule has 2 amide bonds. The van der Waals surface area contributed by atoms with E-state index >= 15 is 0 Å². The lowest BCUT2D eigenvalue weighted by molar-refractivity contribution is -0.385. The number of carbonyl (C=O) groups excluding carboxylic acids is 2. The number of rotatable bonds is 3. The highest BCUT2D eigenvalue weighted by molar-refractivity contribution is 6.35. The molecule has 0 aliphatic carbocycles. The van der Waals surface area contributed by atoms with Gasteiger partial charge < -0.3 is 10.6 Å². The van der Waals surface area contributed by atoms with Crippen molar-refractivity contribution in [3.8, 4) is 0 Å². The van der Waals surface area contributed by atoms with E-state index in [1.165, 1.54) is 24.3 Å². The molecule has 0 unspecified atom stereocenters. The minimum absolute atomic E-state index is 0.0180. The van der Waals surface area contributed by atoms with Crippen LogP contribution in [0, 0.1) is 10.1 Å². The largest absolute Gasteiger partial charge is 0.348 e. The van der Waals surface area contributed by atoms with E-state index in [1.807, 2.05) is 0 Å². The van der Waals surface area contributed by atoms with E-state index in [4.69, 9.17) is 11.6 Å². The van der Waals surface area contributed by atoms with Gasteiger partial charge in [0.1, 0.15) is 5.56 Å². The zero-order chi connectivity index (χ0) is 16.6. The Kier molecular flexibility index (Phi) is 3.71. The van der Waals surface area contributed by atoms with Gasteiger partial charge in [0, 0.05) is 23.9 Å². The van der Waals surface area contributed by atoms with E-state index in [9.17, 15) is 19.7 Å². The Labute approximate surface area is 135 Å². The maximum atomic E-state index is 12.3. The van der Waals surface area contributed by atoms with Crippen LogP contribution in [0.2, 0.25) is 5.02 Å². The van der Waals surface area contributed by atoms with Crippen molar-refractivity contribution >= 4 is 34.8 Å². The van der Waals surface area contributed by atoms with Crippen LogP contribution in [0.5, 0.6) is 0 Å². The highest BCUT2D eigenvalue weighted by Gasteiger charge is 2.24. The van der Waals surface area contributed by atoms with Gasteiger partial charge in [-0.1, -0.05) is 23.7 Å². The second-order valence-electron chi connectivity index (χ2n) is 4.90. The van der Waals surface area contributed by atoms with Gasteiger partial charge in [0.25, 0.3) is 17.5 Å². The Bertz CT molecular complexity index is 851. The third-order valence-electron chi connectivity index (χ3n) is 3.47. The van der Waals surface area contributed by atoms with Crippen LogP contribution < -0.4 is 10.6 Å². The number of halogens is 1. The number of carbonyl (C=O) groups is 2. The van der Waals surface area contributed by atoms with E-state index in [0.29, 0.717) is 17.8 Å². The zero-order valence-corrected chi connectivity index (χ0v) is 12.4. The molecule has 0 radical (unpaired) electrons. The number of nitrogens with one attached hydrogen (secondary N) is 2. The summed E-state index contributed by atoms with van der Waals surface area (Å²) in [6.07, 6.45) is 0. The van der Waals surface area contributed by atoms with Gasteiger partial charge in [0.15, 0.2) is 0 Å². The van der Waals surface area contributed by atoms with Crippen molar-refractivity contribution in [2.24, 2.45) is 0 Å². The molecule has 0 bridgehead atoms. The molecule has 0 atom stereocenters. The first-order valence-electron chi connectivity index (χ1n) is 6.63. The minimum Gasteiger partial charge on any atom is -0.348 e. The van der Waals surface area contributed by atoms with Crippen LogP contribution in [-0.2, 0) is 6.54 Å². The lowest BCUT2D eigenvalue weighted by atomic mass is 10.1. The average Bonchev–Trinajstić information content (AvgIpc) is 2.88. The van der Waals surface area contributed by atoms with Crippen molar-refractivity contribution in [2.45, 2.75) is 6.54 Å². The van der Waals surface area contributed by atoms with Crippen LogP contribution in [0.4, 0.5) is 11.4 Å². The maximum absolute atomic E-state index is 12.3. The SMILES string of the molecule is O=C1NCc2ccc(NC(=O)c3c(Cl)cccc3[N+](=O)[O-])cc21. The van der Waals surface area contributed by atoms with Crippen molar-refractivity contribution in [3.05, 3.63) is 68.2 Å². The molecule has 116 valence electrons. The number of nitro groups is 1. The lowest BCUT2D eigenvalue weighted by Gasteiger charge is -2.08. The van der Waals surface area contributed by atoms with Gasteiger partial charge in [-0.2, -0.15) is 0 Å². The van der Waals surface area contributed by atoms with Crippen LogP contribution >= 0.6 is 11.6 Å². The number of amides is 2. The summed E-state index contributed by atoms with van der Waals surface area (Å²) in [5.41, 5.74) is 1.06. The Morgan fingerprint density at radius 3 is 2.83 bits per heavy atom. The zero-order valence-electron chi connectivity index (χ0n) is 11.6. The number of fused-ring (bicyclic) bond motifs is 1. The second-order valence-corrected chi connectivity index (χ2v) is 5.31. The molecule has 7 nitrogen and oxygen atoms in total. The predicted molar refractivity (Wildman–Crippen MR) is 83.7 cm³/mol.